The highest BCUT2D eigenvalue weighted by Gasteiger charge is 2.21. The van der Waals surface area contributed by atoms with E-state index >= 15 is 0 Å². The molecule has 0 amide bonds. The van der Waals surface area contributed by atoms with Gasteiger partial charge in [-0.1, -0.05) is 0 Å². The Hall–Kier alpha value is -2.41. The summed E-state index contributed by atoms with van der Waals surface area (Å²) in [5.41, 5.74) is 1.14. The quantitative estimate of drug-likeness (QED) is 0.573. The number of thiophene rings is 1. The van der Waals surface area contributed by atoms with Crippen molar-refractivity contribution >= 4 is 23.0 Å². The molecule has 1 aromatic carbocycles. The first-order chi connectivity index (χ1) is 13.6. The molecule has 0 radical (unpaired) electrons. The van der Waals surface area contributed by atoms with Crippen molar-refractivity contribution in [2.24, 2.45) is 4.99 Å². The predicted octanol–water partition coefficient (Wildman–Crippen LogP) is 3.41. The first-order valence-corrected chi connectivity index (χ1v) is 10.4. The standard InChI is InChI=1S/C21H30N4O2S/c1-15-5-6-20(28-15)14-23-21(22-2)24-16-7-9-25(10-8-16)17-11-18(26-3)13-19(12-17)27-4/h5-6,11-13,16H,7-10,14H2,1-4H3,(H2,22,23,24). The van der Waals surface area contributed by atoms with Crippen LogP contribution in [0.3, 0.4) is 0 Å². The molecule has 0 unspecified atom stereocenters. The van der Waals surface area contributed by atoms with Gasteiger partial charge in [-0.2, -0.15) is 0 Å². The van der Waals surface area contributed by atoms with Gasteiger partial charge in [0.05, 0.1) is 20.8 Å². The van der Waals surface area contributed by atoms with Gasteiger partial charge >= 0.3 is 0 Å². The van der Waals surface area contributed by atoms with Crippen LogP contribution in [0.2, 0.25) is 0 Å². The summed E-state index contributed by atoms with van der Waals surface area (Å²) in [5.74, 6) is 2.51. The topological polar surface area (TPSA) is 58.1 Å². The number of guanidine groups is 1. The third-order valence-corrected chi connectivity index (χ3v) is 5.99. The van der Waals surface area contributed by atoms with Gasteiger partial charge in [0.15, 0.2) is 5.96 Å². The van der Waals surface area contributed by atoms with Crippen molar-refractivity contribution in [3.8, 4) is 11.5 Å². The molecule has 0 atom stereocenters. The Labute approximate surface area is 171 Å². The number of nitrogens with one attached hydrogen (secondary N) is 2. The molecule has 1 aromatic heterocycles. The smallest absolute Gasteiger partial charge is 0.191 e. The summed E-state index contributed by atoms with van der Waals surface area (Å²) in [4.78, 5) is 9.42. The highest BCUT2D eigenvalue weighted by atomic mass is 32.1. The third kappa shape index (κ3) is 5.32. The fourth-order valence-corrected chi connectivity index (χ4v) is 4.23. The molecule has 28 heavy (non-hydrogen) atoms. The Kier molecular flexibility index (Phi) is 7.03. The van der Waals surface area contributed by atoms with Crippen molar-refractivity contribution in [3.05, 3.63) is 40.1 Å². The van der Waals surface area contributed by atoms with Crippen LogP contribution < -0.4 is 25.0 Å². The molecule has 152 valence electrons. The number of hydrogen-bond donors (Lipinski definition) is 2. The van der Waals surface area contributed by atoms with Gasteiger partial charge in [-0.05, 0) is 31.9 Å². The van der Waals surface area contributed by atoms with Crippen molar-refractivity contribution in [2.45, 2.75) is 32.4 Å². The van der Waals surface area contributed by atoms with E-state index in [9.17, 15) is 0 Å². The van der Waals surface area contributed by atoms with Gasteiger partial charge in [-0.15, -0.1) is 11.3 Å². The van der Waals surface area contributed by atoms with Gasteiger partial charge in [0.1, 0.15) is 11.5 Å². The van der Waals surface area contributed by atoms with Crippen molar-refractivity contribution in [2.75, 3.05) is 39.3 Å². The largest absolute Gasteiger partial charge is 0.497 e. The van der Waals surface area contributed by atoms with E-state index in [-0.39, 0.29) is 0 Å². The minimum atomic E-state index is 0.417. The van der Waals surface area contributed by atoms with Crippen LogP contribution >= 0.6 is 11.3 Å². The van der Waals surface area contributed by atoms with Crippen molar-refractivity contribution in [1.82, 2.24) is 10.6 Å². The van der Waals surface area contributed by atoms with Gasteiger partial charge in [0, 0.05) is 59.8 Å². The second-order valence-electron chi connectivity index (χ2n) is 6.91. The zero-order chi connectivity index (χ0) is 19.9. The van der Waals surface area contributed by atoms with E-state index in [4.69, 9.17) is 9.47 Å². The minimum absolute atomic E-state index is 0.417. The number of ether oxygens (including phenoxy) is 2. The molecule has 0 saturated carbocycles. The summed E-state index contributed by atoms with van der Waals surface area (Å²) < 4.78 is 10.8. The van der Waals surface area contributed by atoms with Crippen LogP contribution in [0.4, 0.5) is 5.69 Å². The first kappa shape index (κ1) is 20.3. The van der Waals surface area contributed by atoms with Crippen molar-refractivity contribution in [3.63, 3.8) is 0 Å². The molecule has 1 fully saturated rings. The maximum absolute atomic E-state index is 5.40. The van der Waals surface area contributed by atoms with Gasteiger partial charge in [-0.25, -0.2) is 0 Å². The zero-order valence-corrected chi connectivity index (χ0v) is 17.9. The highest BCUT2D eigenvalue weighted by molar-refractivity contribution is 7.11. The molecule has 2 heterocycles. The maximum Gasteiger partial charge on any atom is 0.191 e. The summed E-state index contributed by atoms with van der Waals surface area (Å²) in [7, 11) is 5.20. The number of nitrogens with zero attached hydrogens (tertiary/aromatic N) is 2. The molecule has 2 aromatic rings. The molecule has 1 saturated heterocycles. The highest BCUT2D eigenvalue weighted by Crippen LogP contribution is 2.30. The second-order valence-corrected chi connectivity index (χ2v) is 8.29. The summed E-state index contributed by atoms with van der Waals surface area (Å²) in [6, 6.07) is 10.8. The first-order valence-electron chi connectivity index (χ1n) is 9.61. The monoisotopic (exact) mass is 402 g/mol. The molecule has 3 rings (SSSR count). The SMILES string of the molecule is CN=C(NCc1ccc(C)s1)NC1CCN(c2cc(OC)cc(OC)c2)CC1. The number of piperidine rings is 1. The summed E-state index contributed by atoms with van der Waals surface area (Å²) in [6.07, 6.45) is 2.11. The lowest BCUT2D eigenvalue weighted by Gasteiger charge is -2.34. The summed E-state index contributed by atoms with van der Waals surface area (Å²) in [6.45, 7) is 4.90. The number of benzene rings is 1. The Morgan fingerprint density at radius 1 is 1.14 bits per heavy atom. The van der Waals surface area contributed by atoms with Crippen LogP contribution in [0.15, 0.2) is 35.3 Å². The second kappa shape index (κ2) is 9.68. The molecule has 0 aliphatic carbocycles. The molecular formula is C21H30N4O2S. The summed E-state index contributed by atoms with van der Waals surface area (Å²) in [5, 5.41) is 6.99. The predicted molar refractivity (Wildman–Crippen MR) is 117 cm³/mol. The van der Waals surface area contributed by atoms with Crippen LogP contribution in [-0.2, 0) is 6.54 Å². The maximum atomic E-state index is 5.40. The lowest BCUT2D eigenvalue weighted by atomic mass is 10.0. The number of aliphatic imine (C=N–C) groups is 1. The Morgan fingerprint density at radius 3 is 2.36 bits per heavy atom. The molecule has 7 heteroatoms. The fraction of sp³-hybridized carbons (Fsp3) is 0.476. The third-order valence-electron chi connectivity index (χ3n) is 4.99. The van der Waals surface area contributed by atoms with E-state index in [2.05, 4.69) is 51.7 Å². The lowest BCUT2D eigenvalue weighted by molar-refractivity contribution is 0.393. The summed E-state index contributed by atoms with van der Waals surface area (Å²) >= 11 is 1.82. The van der Waals surface area contributed by atoms with Gasteiger partial charge in [0.25, 0.3) is 0 Å². The van der Waals surface area contributed by atoms with Crippen LogP contribution in [0.25, 0.3) is 0 Å². The van der Waals surface area contributed by atoms with E-state index in [1.54, 1.807) is 14.2 Å². The molecule has 1 aliphatic rings. The van der Waals surface area contributed by atoms with Crippen molar-refractivity contribution < 1.29 is 9.47 Å². The van der Waals surface area contributed by atoms with E-state index in [1.165, 1.54) is 9.75 Å². The van der Waals surface area contributed by atoms with Gasteiger partial charge in [0.2, 0.25) is 0 Å². The van der Waals surface area contributed by atoms with Crippen LogP contribution in [0.1, 0.15) is 22.6 Å². The minimum Gasteiger partial charge on any atom is -0.497 e. The Morgan fingerprint density at radius 2 is 1.82 bits per heavy atom. The number of anilines is 1. The Balaban J connectivity index is 1.52. The molecule has 0 bridgehead atoms. The molecular weight excluding hydrogens is 372 g/mol. The average Bonchev–Trinajstić information content (AvgIpc) is 3.16. The molecule has 6 nitrogen and oxygen atoms in total. The van der Waals surface area contributed by atoms with Crippen molar-refractivity contribution in [1.29, 1.82) is 0 Å². The molecule has 0 spiro atoms. The normalized spacial score (nSPS) is 15.4. The van der Waals surface area contributed by atoms with Crippen LogP contribution in [-0.4, -0.2) is 46.4 Å². The average molecular weight is 403 g/mol. The van der Waals surface area contributed by atoms with Crippen LogP contribution in [0, 0.1) is 6.92 Å². The van der Waals surface area contributed by atoms with E-state index < -0.39 is 0 Å². The molecule has 1 aliphatic heterocycles. The number of hydrogen-bond acceptors (Lipinski definition) is 5. The van der Waals surface area contributed by atoms with E-state index in [1.807, 2.05) is 24.5 Å². The van der Waals surface area contributed by atoms with E-state index in [0.717, 1.165) is 55.6 Å². The van der Waals surface area contributed by atoms with Gasteiger partial charge < -0.3 is 25.0 Å². The Bertz CT molecular complexity index is 775. The fourth-order valence-electron chi connectivity index (χ4n) is 3.40. The van der Waals surface area contributed by atoms with E-state index in [0.29, 0.717) is 6.04 Å². The zero-order valence-electron chi connectivity index (χ0n) is 17.1. The molecule has 2 N–H and O–H groups in total. The van der Waals surface area contributed by atoms with Gasteiger partial charge in [-0.3, -0.25) is 4.99 Å². The van der Waals surface area contributed by atoms with Crippen LogP contribution in [0.5, 0.6) is 11.5 Å². The number of aryl methyl sites for hydroxylation is 1. The lowest BCUT2D eigenvalue weighted by Crippen LogP contribution is -2.48. The number of methoxy groups -OCH3 is 2. The number of rotatable bonds is 6.